The summed E-state index contributed by atoms with van der Waals surface area (Å²) in [5, 5.41) is 3.18. The van der Waals surface area contributed by atoms with Crippen molar-refractivity contribution in [1.82, 2.24) is 5.32 Å². The van der Waals surface area contributed by atoms with E-state index in [0.717, 1.165) is 0 Å². The molecule has 0 spiro atoms. The van der Waals surface area contributed by atoms with Gasteiger partial charge in [0, 0.05) is 11.2 Å². The predicted molar refractivity (Wildman–Crippen MR) is 74.9 cm³/mol. The number of nitrogens with one attached hydrogen (secondary N) is 1. The third-order valence-corrected chi connectivity index (χ3v) is 5.23. The largest absolute Gasteiger partial charge is 0.316 e. The number of rotatable bonds is 4. The highest BCUT2D eigenvalue weighted by Crippen LogP contribution is 2.25. The van der Waals surface area contributed by atoms with Gasteiger partial charge in [0.15, 0.2) is 0 Å². The molecule has 0 aliphatic carbocycles. The Morgan fingerprint density at radius 2 is 2.00 bits per heavy atom. The number of carbonyl (C=O) groups is 1. The van der Waals surface area contributed by atoms with Crippen LogP contribution in [-0.2, 0) is 0 Å². The van der Waals surface area contributed by atoms with E-state index in [4.69, 9.17) is 0 Å². The summed E-state index contributed by atoms with van der Waals surface area (Å²) >= 11 is 3.86. The van der Waals surface area contributed by atoms with Crippen LogP contribution in [0.5, 0.6) is 0 Å². The topological polar surface area (TPSA) is 29.1 Å². The average molecular weight is 253 g/mol. The summed E-state index contributed by atoms with van der Waals surface area (Å²) in [7, 11) is 0.638. The first kappa shape index (κ1) is 13.5. The molecule has 1 atom stereocenters. The fourth-order valence-electron chi connectivity index (χ4n) is 1.95. The molecule has 1 unspecified atom stereocenters. The van der Waals surface area contributed by atoms with Crippen molar-refractivity contribution in [3.8, 4) is 0 Å². The maximum Gasteiger partial charge on any atom is 0.216 e. The van der Waals surface area contributed by atoms with Crippen molar-refractivity contribution < 1.29 is 4.79 Å². The molecular weight excluding hydrogens is 234 g/mol. The van der Waals surface area contributed by atoms with E-state index in [2.05, 4.69) is 43.7 Å². The van der Waals surface area contributed by atoms with Crippen LogP contribution >= 0.6 is 12.6 Å². The van der Waals surface area contributed by atoms with E-state index in [1.807, 2.05) is 19.2 Å². The molecule has 0 aliphatic rings. The van der Waals surface area contributed by atoms with Crippen molar-refractivity contribution >= 4 is 25.8 Å². The Morgan fingerprint density at radius 1 is 1.38 bits per heavy atom. The fraction of sp³-hybridized carbons (Fsp3) is 0.417. The van der Waals surface area contributed by atoms with Gasteiger partial charge in [0.25, 0.3) is 0 Å². The van der Waals surface area contributed by atoms with E-state index >= 15 is 0 Å². The minimum absolute atomic E-state index is 0.174. The molecule has 1 N–H and O–H groups in total. The summed E-state index contributed by atoms with van der Waals surface area (Å²) in [4.78, 5) is 11.2. The number of benzene rings is 1. The van der Waals surface area contributed by atoms with Crippen LogP contribution in [0.15, 0.2) is 24.3 Å². The summed E-state index contributed by atoms with van der Waals surface area (Å²) in [5.74, 6) is 0. The molecule has 0 radical (unpaired) electrons. The normalized spacial score (nSPS) is 13.6. The Hall–Kier alpha value is -0.583. The smallest absolute Gasteiger partial charge is 0.216 e. The van der Waals surface area contributed by atoms with Gasteiger partial charge in [0.05, 0.1) is 8.07 Å². The fourth-order valence-corrected chi connectivity index (χ4v) is 4.14. The molecule has 2 nitrogen and oxygen atoms in total. The van der Waals surface area contributed by atoms with Crippen molar-refractivity contribution in [3.63, 3.8) is 0 Å². The lowest BCUT2D eigenvalue weighted by atomic mass is 10.1. The Morgan fingerprint density at radius 3 is 2.44 bits per heavy atom. The molecule has 0 aromatic heterocycles. The van der Waals surface area contributed by atoms with Crippen molar-refractivity contribution in [2.75, 3.05) is 7.05 Å². The van der Waals surface area contributed by atoms with E-state index in [9.17, 15) is 4.79 Å². The molecule has 1 rings (SSSR count). The Balaban J connectivity index is 3.11. The van der Waals surface area contributed by atoms with Gasteiger partial charge in [0.1, 0.15) is 0 Å². The maximum atomic E-state index is 11.2. The summed E-state index contributed by atoms with van der Waals surface area (Å²) in [6, 6.07) is 7.73. The maximum absolute atomic E-state index is 11.2. The Kier molecular flexibility index (Phi) is 4.35. The van der Waals surface area contributed by atoms with Crippen molar-refractivity contribution in [3.05, 3.63) is 35.4 Å². The monoisotopic (exact) mass is 253 g/mol. The van der Waals surface area contributed by atoms with Crippen molar-refractivity contribution in [2.45, 2.75) is 25.3 Å². The van der Waals surface area contributed by atoms with E-state index in [0.29, 0.717) is 11.2 Å². The second kappa shape index (κ2) is 5.16. The van der Waals surface area contributed by atoms with Crippen LogP contribution in [0.2, 0.25) is 19.6 Å². The van der Waals surface area contributed by atoms with Gasteiger partial charge in [-0.2, -0.15) is 0 Å². The van der Waals surface area contributed by atoms with E-state index in [-0.39, 0.29) is 5.12 Å². The molecule has 16 heavy (non-hydrogen) atoms. The van der Waals surface area contributed by atoms with Crippen LogP contribution in [0.3, 0.4) is 0 Å². The Labute approximate surface area is 104 Å². The van der Waals surface area contributed by atoms with Crippen molar-refractivity contribution in [2.24, 2.45) is 0 Å². The lowest BCUT2D eigenvalue weighted by molar-refractivity contribution is 0.109. The SMILES string of the molecule is CNC(c1cccc(C(=O)S)c1)[Si](C)(C)C. The van der Waals surface area contributed by atoms with Gasteiger partial charge < -0.3 is 5.32 Å². The highest BCUT2D eigenvalue weighted by molar-refractivity contribution is 7.97. The zero-order valence-corrected chi connectivity index (χ0v) is 12.1. The first-order chi connectivity index (χ1) is 7.36. The number of hydrogen-bond donors (Lipinski definition) is 2. The van der Waals surface area contributed by atoms with Crippen LogP contribution in [0, 0.1) is 0 Å². The van der Waals surface area contributed by atoms with E-state index in [1.54, 1.807) is 6.07 Å². The van der Waals surface area contributed by atoms with Crippen LogP contribution in [0.25, 0.3) is 0 Å². The number of thiol groups is 1. The van der Waals surface area contributed by atoms with E-state index < -0.39 is 8.07 Å². The molecule has 0 saturated carbocycles. The Bertz CT molecular complexity index is 387. The van der Waals surface area contributed by atoms with Crippen LogP contribution < -0.4 is 5.32 Å². The second-order valence-corrected chi connectivity index (χ2v) is 10.7. The van der Waals surface area contributed by atoms with Gasteiger partial charge in [-0.15, -0.1) is 12.6 Å². The van der Waals surface area contributed by atoms with Gasteiger partial charge in [-0.05, 0) is 18.7 Å². The van der Waals surface area contributed by atoms with Gasteiger partial charge >= 0.3 is 0 Å². The molecule has 1 aromatic rings. The first-order valence-electron chi connectivity index (χ1n) is 5.37. The number of carbonyl (C=O) groups excluding carboxylic acids is 1. The molecule has 0 heterocycles. The standard InChI is InChI=1S/C12H19NOSSi/c1-13-11(16(2,3)4)9-6-5-7-10(8-9)12(14)15/h5-8,11,13H,1-4H3,(H,14,15). The van der Waals surface area contributed by atoms with Gasteiger partial charge in [-0.3, -0.25) is 4.79 Å². The highest BCUT2D eigenvalue weighted by atomic mass is 32.1. The molecule has 1 aromatic carbocycles. The highest BCUT2D eigenvalue weighted by Gasteiger charge is 2.26. The third kappa shape index (κ3) is 3.20. The van der Waals surface area contributed by atoms with Gasteiger partial charge in [-0.1, -0.05) is 37.8 Å². The lowest BCUT2D eigenvalue weighted by Crippen LogP contribution is -2.39. The third-order valence-electron chi connectivity index (χ3n) is 2.62. The van der Waals surface area contributed by atoms with Crippen molar-refractivity contribution in [1.29, 1.82) is 0 Å². The summed E-state index contributed by atoms with van der Waals surface area (Å²) in [5.41, 5.74) is 2.21. The second-order valence-electron chi connectivity index (χ2n) is 5.02. The molecule has 0 amide bonds. The molecule has 4 heteroatoms. The molecule has 0 fully saturated rings. The minimum Gasteiger partial charge on any atom is -0.316 e. The zero-order chi connectivity index (χ0) is 12.3. The first-order valence-corrected chi connectivity index (χ1v) is 9.39. The molecule has 0 aliphatic heterocycles. The van der Waals surface area contributed by atoms with Gasteiger partial charge in [0.2, 0.25) is 5.12 Å². The van der Waals surface area contributed by atoms with Crippen LogP contribution in [0.1, 0.15) is 21.6 Å². The predicted octanol–water partition coefficient (Wildman–Crippen LogP) is 2.89. The molecule has 88 valence electrons. The lowest BCUT2D eigenvalue weighted by Gasteiger charge is -2.29. The zero-order valence-electron chi connectivity index (χ0n) is 10.2. The molecule has 0 saturated heterocycles. The summed E-state index contributed by atoms with van der Waals surface area (Å²) in [6.45, 7) is 6.93. The van der Waals surface area contributed by atoms with Gasteiger partial charge in [-0.25, -0.2) is 0 Å². The van der Waals surface area contributed by atoms with Crippen LogP contribution in [-0.4, -0.2) is 20.2 Å². The minimum atomic E-state index is -1.33. The quantitative estimate of drug-likeness (QED) is 0.638. The van der Waals surface area contributed by atoms with E-state index in [1.165, 1.54) is 5.56 Å². The molecule has 0 bridgehead atoms. The van der Waals surface area contributed by atoms with Crippen LogP contribution in [0.4, 0.5) is 0 Å². The number of hydrogen-bond acceptors (Lipinski definition) is 2. The summed E-state index contributed by atoms with van der Waals surface area (Å²) in [6.07, 6.45) is 0. The summed E-state index contributed by atoms with van der Waals surface area (Å²) < 4.78 is 0. The average Bonchev–Trinajstić information content (AvgIpc) is 2.17. The molecular formula is C12H19NOSSi.